The van der Waals surface area contributed by atoms with Gasteiger partial charge in [-0.05, 0) is 94.0 Å². The lowest BCUT2D eigenvalue weighted by Crippen LogP contribution is -2.53. The molecular formula is C39H53N3O5. The SMILES string of the molecule is CCCCCCCCN(C(=O)C(Cc1ccc(O)cc1)NC(=O)OC(C)(C)C)C(C(=O)Nc1ccccc1C)c1cccc(C)c1C. The molecule has 254 valence electrons. The number of carbonyl (C=O) groups is 3. The van der Waals surface area contributed by atoms with Crippen LogP contribution in [-0.4, -0.2) is 46.1 Å². The van der Waals surface area contributed by atoms with Gasteiger partial charge in [0, 0.05) is 18.7 Å². The predicted molar refractivity (Wildman–Crippen MR) is 189 cm³/mol. The normalized spacial score (nSPS) is 12.6. The number of rotatable bonds is 15. The van der Waals surface area contributed by atoms with Crippen molar-refractivity contribution in [1.29, 1.82) is 0 Å². The minimum absolute atomic E-state index is 0.101. The number of aromatic hydroxyl groups is 1. The molecule has 0 saturated carbocycles. The van der Waals surface area contributed by atoms with Crippen molar-refractivity contribution < 1.29 is 24.2 Å². The predicted octanol–water partition coefficient (Wildman–Crippen LogP) is 8.32. The van der Waals surface area contributed by atoms with Crippen LogP contribution in [0.2, 0.25) is 0 Å². The van der Waals surface area contributed by atoms with Gasteiger partial charge in [-0.15, -0.1) is 0 Å². The first-order valence-corrected chi connectivity index (χ1v) is 16.8. The van der Waals surface area contributed by atoms with E-state index in [0.717, 1.165) is 59.9 Å². The summed E-state index contributed by atoms with van der Waals surface area (Å²) < 4.78 is 5.57. The van der Waals surface area contributed by atoms with Crippen LogP contribution in [0.15, 0.2) is 66.7 Å². The first-order chi connectivity index (χ1) is 22.3. The second-order valence-corrected chi connectivity index (χ2v) is 13.4. The molecule has 3 rings (SSSR count). The Hall–Kier alpha value is -4.33. The molecule has 0 fully saturated rings. The number of phenolic OH excluding ortho intramolecular Hbond substituents is 1. The summed E-state index contributed by atoms with van der Waals surface area (Å²) in [6, 6.07) is 17.9. The highest BCUT2D eigenvalue weighted by Crippen LogP contribution is 2.30. The Morgan fingerprint density at radius 1 is 0.830 bits per heavy atom. The molecule has 2 unspecified atom stereocenters. The Morgan fingerprint density at radius 3 is 2.13 bits per heavy atom. The zero-order valence-corrected chi connectivity index (χ0v) is 29.2. The van der Waals surface area contributed by atoms with E-state index in [4.69, 9.17) is 4.74 Å². The van der Waals surface area contributed by atoms with E-state index in [1.807, 2.05) is 63.2 Å². The quantitative estimate of drug-likeness (QED) is 0.144. The average molecular weight is 644 g/mol. The molecule has 0 aliphatic heterocycles. The number of hydrogen-bond acceptors (Lipinski definition) is 5. The van der Waals surface area contributed by atoms with Gasteiger partial charge in [-0.2, -0.15) is 0 Å². The third-order valence-electron chi connectivity index (χ3n) is 8.30. The number of phenols is 1. The smallest absolute Gasteiger partial charge is 0.408 e. The summed E-state index contributed by atoms with van der Waals surface area (Å²) in [6.45, 7) is 13.7. The van der Waals surface area contributed by atoms with E-state index in [1.54, 1.807) is 49.9 Å². The van der Waals surface area contributed by atoms with E-state index in [1.165, 1.54) is 0 Å². The van der Waals surface area contributed by atoms with E-state index in [9.17, 15) is 19.5 Å². The molecule has 8 nitrogen and oxygen atoms in total. The van der Waals surface area contributed by atoms with Gasteiger partial charge in [0.25, 0.3) is 5.91 Å². The second kappa shape index (κ2) is 17.5. The Kier molecular flexibility index (Phi) is 13.9. The third kappa shape index (κ3) is 11.5. The van der Waals surface area contributed by atoms with Gasteiger partial charge in [0.1, 0.15) is 23.4 Å². The number of hydrogen-bond donors (Lipinski definition) is 3. The highest BCUT2D eigenvalue weighted by molar-refractivity contribution is 5.99. The average Bonchev–Trinajstić information content (AvgIpc) is 3.00. The van der Waals surface area contributed by atoms with E-state index in [2.05, 4.69) is 17.6 Å². The van der Waals surface area contributed by atoms with E-state index in [0.29, 0.717) is 18.7 Å². The molecule has 0 spiro atoms. The molecule has 0 aliphatic carbocycles. The van der Waals surface area contributed by atoms with Crippen molar-refractivity contribution in [3.05, 3.63) is 94.5 Å². The monoisotopic (exact) mass is 643 g/mol. The van der Waals surface area contributed by atoms with Crippen LogP contribution in [-0.2, 0) is 20.7 Å². The number of nitrogens with one attached hydrogen (secondary N) is 2. The van der Waals surface area contributed by atoms with Gasteiger partial charge < -0.3 is 25.4 Å². The van der Waals surface area contributed by atoms with Crippen LogP contribution in [0.25, 0.3) is 0 Å². The summed E-state index contributed by atoms with van der Waals surface area (Å²) >= 11 is 0. The van der Waals surface area contributed by atoms with Gasteiger partial charge in [-0.25, -0.2) is 4.79 Å². The molecule has 0 heterocycles. The number of benzene rings is 3. The Bertz CT molecular complexity index is 1480. The van der Waals surface area contributed by atoms with Gasteiger partial charge in [0.15, 0.2) is 0 Å². The van der Waals surface area contributed by atoms with Crippen LogP contribution in [0.1, 0.15) is 100 Å². The maximum Gasteiger partial charge on any atom is 0.408 e. The van der Waals surface area contributed by atoms with Crippen molar-refractivity contribution in [2.75, 3.05) is 11.9 Å². The van der Waals surface area contributed by atoms with Gasteiger partial charge in [-0.1, -0.05) is 87.6 Å². The van der Waals surface area contributed by atoms with Gasteiger partial charge >= 0.3 is 6.09 Å². The van der Waals surface area contributed by atoms with Crippen LogP contribution in [0.5, 0.6) is 5.75 Å². The largest absolute Gasteiger partial charge is 0.508 e. The van der Waals surface area contributed by atoms with Gasteiger partial charge in [-0.3, -0.25) is 9.59 Å². The molecule has 3 aromatic rings. The molecule has 3 amide bonds. The molecule has 3 aromatic carbocycles. The van der Waals surface area contributed by atoms with Crippen molar-refractivity contribution in [3.63, 3.8) is 0 Å². The summed E-state index contributed by atoms with van der Waals surface area (Å²) in [5.41, 5.74) is 4.21. The van der Waals surface area contributed by atoms with E-state index in [-0.39, 0.29) is 24.0 Å². The van der Waals surface area contributed by atoms with Gasteiger partial charge in [0.2, 0.25) is 5.91 Å². The molecule has 0 aliphatic rings. The lowest BCUT2D eigenvalue weighted by atomic mass is 9.94. The minimum Gasteiger partial charge on any atom is -0.508 e. The number of nitrogens with zero attached hydrogens (tertiary/aromatic N) is 1. The number of alkyl carbamates (subject to hydrolysis) is 1. The van der Waals surface area contributed by atoms with Crippen LogP contribution < -0.4 is 10.6 Å². The first kappa shape index (κ1) is 37.1. The molecule has 47 heavy (non-hydrogen) atoms. The number of amides is 3. The first-order valence-electron chi connectivity index (χ1n) is 16.8. The van der Waals surface area contributed by atoms with E-state index < -0.39 is 23.8 Å². The zero-order chi connectivity index (χ0) is 34.6. The van der Waals surface area contributed by atoms with Crippen molar-refractivity contribution in [2.24, 2.45) is 0 Å². The fourth-order valence-electron chi connectivity index (χ4n) is 5.58. The van der Waals surface area contributed by atoms with E-state index >= 15 is 0 Å². The molecule has 2 atom stereocenters. The molecule has 8 heteroatoms. The van der Waals surface area contributed by atoms with Crippen LogP contribution in [0.3, 0.4) is 0 Å². The second-order valence-electron chi connectivity index (χ2n) is 13.4. The van der Waals surface area contributed by atoms with Crippen LogP contribution in [0.4, 0.5) is 10.5 Å². The molecule has 0 radical (unpaired) electrons. The number of para-hydroxylation sites is 1. The van der Waals surface area contributed by atoms with Crippen LogP contribution >= 0.6 is 0 Å². The summed E-state index contributed by atoms with van der Waals surface area (Å²) in [7, 11) is 0. The molecule has 0 bridgehead atoms. The van der Waals surface area contributed by atoms with Gasteiger partial charge in [0.05, 0.1) is 0 Å². The fourth-order valence-corrected chi connectivity index (χ4v) is 5.58. The molecule has 0 aromatic heterocycles. The Labute approximate surface area is 280 Å². The summed E-state index contributed by atoms with van der Waals surface area (Å²) in [6.07, 6.45) is 5.47. The van der Waals surface area contributed by atoms with Crippen molar-refractivity contribution in [3.8, 4) is 5.75 Å². The fraction of sp³-hybridized carbons (Fsp3) is 0.462. The highest BCUT2D eigenvalue weighted by Gasteiger charge is 2.37. The molecular weight excluding hydrogens is 590 g/mol. The summed E-state index contributed by atoms with van der Waals surface area (Å²) in [4.78, 5) is 44.0. The number of unbranched alkanes of at least 4 members (excludes halogenated alkanes) is 5. The lowest BCUT2D eigenvalue weighted by molar-refractivity contribution is -0.140. The van der Waals surface area contributed by atoms with Crippen LogP contribution in [0, 0.1) is 20.8 Å². The van der Waals surface area contributed by atoms with Crippen molar-refractivity contribution >= 4 is 23.6 Å². The number of carbonyl (C=O) groups excluding carboxylic acids is 3. The highest BCUT2D eigenvalue weighted by atomic mass is 16.6. The Balaban J connectivity index is 2.10. The molecule has 3 N–H and O–H groups in total. The zero-order valence-electron chi connectivity index (χ0n) is 29.2. The maximum atomic E-state index is 14.8. The third-order valence-corrected chi connectivity index (χ3v) is 8.30. The Morgan fingerprint density at radius 2 is 1.47 bits per heavy atom. The lowest BCUT2D eigenvalue weighted by Gasteiger charge is -2.35. The summed E-state index contributed by atoms with van der Waals surface area (Å²) in [5, 5.41) is 15.8. The number of ether oxygens (including phenoxy) is 1. The van der Waals surface area contributed by atoms with Crippen molar-refractivity contribution in [1.82, 2.24) is 10.2 Å². The standard InChI is InChI=1S/C39H53N3O5/c1-8-9-10-11-12-15-25-42(37(45)34(41-38(46)47-39(5,6)7)26-30-21-23-31(43)24-22-30)35(32-19-16-18-27(2)29(32)4)36(44)40-33-20-14-13-17-28(33)3/h13-14,16-24,34-35,43H,8-12,15,25-26H2,1-7H3,(H,40,44)(H,41,46). The van der Waals surface area contributed by atoms with Crippen molar-refractivity contribution in [2.45, 2.75) is 111 Å². The maximum absolute atomic E-state index is 14.8. The summed E-state index contributed by atoms with van der Waals surface area (Å²) in [5.74, 6) is -0.611. The number of aryl methyl sites for hydroxylation is 2. The molecule has 0 saturated heterocycles. The minimum atomic E-state index is -1.03. The topological polar surface area (TPSA) is 108 Å². The number of anilines is 1.